The summed E-state index contributed by atoms with van der Waals surface area (Å²) >= 11 is 0. The highest BCUT2D eigenvalue weighted by atomic mass is 14.6. The molecule has 0 saturated heterocycles. The molecule has 10 heavy (non-hydrogen) atoms. The summed E-state index contributed by atoms with van der Waals surface area (Å²) in [5, 5.41) is 0. The Labute approximate surface area is 63.3 Å². The molecule has 0 fully saturated rings. The first-order chi connectivity index (χ1) is 4.79. The molecular formula is C8H18N2. The smallest absolute Gasteiger partial charge is 0.0139 e. The molecule has 0 aromatic heterocycles. The fourth-order valence-corrected chi connectivity index (χ4v) is 1.08. The van der Waals surface area contributed by atoms with Gasteiger partial charge in [-0.15, -0.1) is 0 Å². The third-order valence-electron chi connectivity index (χ3n) is 1.85. The van der Waals surface area contributed by atoms with Crippen molar-refractivity contribution in [2.75, 3.05) is 13.1 Å². The number of rotatable bonds is 4. The van der Waals surface area contributed by atoms with Crippen molar-refractivity contribution >= 4 is 0 Å². The molecule has 0 atom stereocenters. The maximum Gasteiger partial charge on any atom is 0.0139 e. The van der Waals surface area contributed by atoms with Crippen molar-refractivity contribution < 1.29 is 0 Å². The molecule has 0 saturated carbocycles. The van der Waals surface area contributed by atoms with Gasteiger partial charge >= 0.3 is 0 Å². The predicted molar refractivity (Wildman–Crippen MR) is 45.7 cm³/mol. The Hall–Kier alpha value is -0.340. The van der Waals surface area contributed by atoms with E-state index < -0.39 is 0 Å². The molecule has 0 aliphatic heterocycles. The Bertz CT molecular complexity index is 90.4. The van der Waals surface area contributed by atoms with Crippen LogP contribution in [0.2, 0.25) is 0 Å². The van der Waals surface area contributed by atoms with Gasteiger partial charge in [0.2, 0.25) is 0 Å². The summed E-state index contributed by atoms with van der Waals surface area (Å²) < 4.78 is 0. The van der Waals surface area contributed by atoms with E-state index in [0.29, 0.717) is 13.1 Å². The van der Waals surface area contributed by atoms with E-state index in [0.717, 1.165) is 12.8 Å². The lowest BCUT2D eigenvalue weighted by Gasteiger charge is -2.07. The van der Waals surface area contributed by atoms with Crippen LogP contribution in [-0.4, -0.2) is 13.1 Å². The van der Waals surface area contributed by atoms with Crippen LogP contribution in [0.5, 0.6) is 0 Å². The molecule has 0 unspecified atom stereocenters. The number of hydrogen-bond donors (Lipinski definition) is 2. The lowest BCUT2D eigenvalue weighted by Crippen LogP contribution is -2.11. The molecule has 0 aromatic carbocycles. The van der Waals surface area contributed by atoms with E-state index >= 15 is 0 Å². The lowest BCUT2D eigenvalue weighted by molar-refractivity contribution is 0.898. The molecule has 0 heterocycles. The first kappa shape index (κ1) is 9.66. The van der Waals surface area contributed by atoms with Gasteiger partial charge in [0.15, 0.2) is 0 Å². The third-order valence-corrected chi connectivity index (χ3v) is 1.85. The van der Waals surface area contributed by atoms with Crippen LogP contribution in [0.1, 0.15) is 26.7 Å². The normalized spacial score (nSPS) is 13.2. The first-order valence-electron chi connectivity index (χ1n) is 3.89. The molecule has 2 heteroatoms. The molecule has 4 N–H and O–H groups in total. The third kappa shape index (κ3) is 2.50. The molecule has 0 amide bonds. The average molecular weight is 142 g/mol. The van der Waals surface area contributed by atoms with Crippen LogP contribution in [0.15, 0.2) is 11.1 Å². The fraction of sp³-hybridized carbons (Fsp3) is 0.750. The minimum absolute atomic E-state index is 0.664. The van der Waals surface area contributed by atoms with E-state index in [1.54, 1.807) is 0 Å². The molecule has 0 bridgehead atoms. The van der Waals surface area contributed by atoms with Crippen molar-refractivity contribution in [3.63, 3.8) is 0 Å². The molecule has 0 radical (unpaired) electrons. The summed E-state index contributed by atoms with van der Waals surface area (Å²) in [6.45, 7) is 5.56. The van der Waals surface area contributed by atoms with Crippen molar-refractivity contribution in [3.8, 4) is 0 Å². The Morgan fingerprint density at radius 3 is 1.30 bits per heavy atom. The molecule has 0 rings (SSSR count). The molecule has 0 spiro atoms. The van der Waals surface area contributed by atoms with E-state index in [2.05, 4.69) is 13.8 Å². The van der Waals surface area contributed by atoms with Gasteiger partial charge in [0.1, 0.15) is 0 Å². The Morgan fingerprint density at radius 1 is 0.900 bits per heavy atom. The Morgan fingerprint density at radius 2 is 1.20 bits per heavy atom. The van der Waals surface area contributed by atoms with Crippen LogP contribution in [0.4, 0.5) is 0 Å². The van der Waals surface area contributed by atoms with Gasteiger partial charge in [0.25, 0.3) is 0 Å². The van der Waals surface area contributed by atoms with Gasteiger partial charge in [-0.3, -0.25) is 0 Å². The zero-order valence-electron chi connectivity index (χ0n) is 6.98. The zero-order chi connectivity index (χ0) is 7.98. The summed E-state index contributed by atoms with van der Waals surface area (Å²) in [4.78, 5) is 0. The van der Waals surface area contributed by atoms with Gasteiger partial charge < -0.3 is 11.5 Å². The van der Waals surface area contributed by atoms with E-state index in [4.69, 9.17) is 11.5 Å². The van der Waals surface area contributed by atoms with Crippen LogP contribution < -0.4 is 11.5 Å². The zero-order valence-corrected chi connectivity index (χ0v) is 6.98. The monoisotopic (exact) mass is 142 g/mol. The standard InChI is InChI=1S/C8H18N2/c1-3-7(5-9)8(4-2)6-10/h3-6,9-10H2,1-2H3. The van der Waals surface area contributed by atoms with Gasteiger partial charge in [-0.2, -0.15) is 0 Å². The lowest BCUT2D eigenvalue weighted by atomic mass is 10.0. The maximum atomic E-state index is 5.52. The highest BCUT2D eigenvalue weighted by molar-refractivity contribution is 5.15. The van der Waals surface area contributed by atoms with Crippen LogP contribution in [0, 0.1) is 0 Å². The average Bonchev–Trinajstić information content (AvgIpc) is 2.00. The molecule has 60 valence electrons. The molecule has 0 aliphatic rings. The van der Waals surface area contributed by atoms with E-state index in [1.165, 1.54) is 11.1 Å². The second-order valence-corrected chi connectivity index (χ2v) is 2.32. The number of nitrogens with two attached hydrogens (primary N) is 2. The van der Waals surface area contributed by atoms with Gasteiger partial charge in [-0.25, -0.2) is 0 Å². The summed E-state index contributed by atoms with van der Waals surface area (Å²) in [6.07, 6.45) is 2.08. The summed E-state index contributed by atoms with van der Waals surface area (Å²) in [6, 6.07) is 0. The highest BCUT2D eigenvalue weighted by Crippen LogP contribution is 2.08. The minimum atomic E-state index is 0.664. The first-order valence-corrected chi connectivity index (χ1v) is 3.89. The van der Waals surface area contributed by atoms with E-state index in [-0.39, 0.29) is 0 Å². The van der Waals surface area contributed by atoms with Gasteiger partial charge in [0.05, 0.1) is 0 Å². The number of hydrogen-bond acceptors (Lipinski definition) is 2. The topological polar surface area (TPSA) is 52.0 Å². The minimum Gasteiger partial charge on any atom is -0.327 e. The maximum absolute atomic E-state index is 5.52. The quantitative estimate of drug-likeness (QED) is 0.576. The van der Waals surface area contributed by atoms with Crippen LogP contribution in [0.25, 0.3) is 0 Å². The largest absolute Gasteiger partial charge is 0.327 e. The van der Waals surface area contributed by atoms with E-state index in [1.807, 2.05) is 0 Å². The van der Waals surface area contributed by atoms with Gasteiger partial charge in [-0.1, -0.05) is 25.0 Å². The molecule has 2 nitrogen and oxygen atoms in total. The van der Waals surface area contributed by atoms with Crippen LogP contribution in [-0.2, 0) is 0 Å². The second-order valence-electron chi connectivity index (χ2n) is 2.32. The summed E-state index contributed by atoms with van der Waals surface area (Å²) in [5.74, 6) is 0. The Kier molecular flexibility index (Phi) is 5.26. The molecular weight excluding hydrogens is 124 g/mol. The highest BCUT2D eigenvalue weighted by Gasteiger charge is 1.98. The van der Waals surface area contributed by atoms with Crippen molar-refractivity contribution in [2.24, 2.45) is 11.5 Å². The predicted octanol–water partition coefficient (Wildman–Crippen LogP) is 1.02. The summed E-state index contributed by atoms with van der Waals surface area (Å²) in [7, 11) is 0. The summed E-state index contributed by atoms with van der Waals surface area (Å²) in [5.41, 5.74) is 13.7. The second kappa shape index (κ2) is 5.45. The van der Waals surface area contributed by atoms with Gasteiger partial charge in [0, 0.05) is 13.1 Å². The van der Waals surface area contributed by atoms with Crippen molar-refractivity contribution in [2.45, 2.75) is 26.7 Å². The van der Waals surface area contributed by atoms with E-state index in [9.17, 15) is 0 Å². The fourth-order valence-electron chi connectivity index (χ4n) is 1.08. The van der Waals surface area contributed by atoms with Gasteiger partial charge in [-0.05, 0) is 12.8 Å². The molecule has 0 aromatic rings. The van der Waals surface area contributed by atoms with Crippen LogP contribution in [0.3, 0.4) is 0 Å². The van der Waals surface area contributed by atoms with Crippen molar-refractivity contribution in [1.82, 2.24) is 0 Å². The molecule has 0 aliphatic carbocycles. The SMILES string of the molecule is CCC(CN)=C(CC)CN. The van der Waals surface area contributed by atoms with Crippen molar-refractivity contribution in [1.29, 1.82) is 0 Å². The van der Waals surface area contributed by atoms with Crippen LogP contribution >= 0.6 is 0 Å². The van der Waals surface area contributed by atoms with Crippen molar-refractivity contribution in [3.05, 3.63) is 11.1 Å². The Balaban J connectivity index is 4.20.